The first-order chi connectivity index (χ1) is 12.4. The van der Waals surface area contributed by atoms with Gasteiger partial charge in [0.2, 0.25) is 5.13 Å². The number of carboxylic acids is 1. The predicted molar refractivity (Wildman–Crippen MR) is 100 cm³/mol. The maximum Gasteiger partial charge on any atom is 0.321 e. The Morgan fingerprint density at radius 1 is 1.08 bits per heavy atom. The minimum Gasteiger partial charge on any atom is -0.481 e. The highest BCUT2D eigenvalue weighted by atomic mass is 32.1. The van der Waals surface area contributed by atoms with Crippen molar-refractivity contribution in [2.75, 3.05) is 5.32 Å². The number of rotatable bonds is 4. The molecule has 1 saturated carbocycles. The van der Waals surface area contributed by atoms with E-state index in [0.717, 1.165) is 21.7 Å². The van der Waals surface area contributed by atoms with Crippen molar-refractivity contribution in [1.82, 2.24) is 15.5 Å². The lowest BCUT2D eigenvalue weighted by Crippen LogP contribution is -2.40. The highest BCUT2D eigenvalue weighted by Gasteiger charge is 2.26. The molecular formula is C18H22N4O3S. The van der Waals surface area contributed by atoms with Crippen molar-refractivity contribution in [2.24, 2.45) is 5.92 Å². The summed E-state index contributed by atoms with van der Waals surface area (Å²) in [5, 5.41) is 24.0. The fourth-order valence-corrected chi connectivity index (χ4v) is 4.02. The van der Waals surface area contributed by atoms with Gasteiger partial charge in [-0.1, -0.05) is 28.5 Å². The Balaban J connectivity index is 1.56. The van der Waals surface area contributed by atoms with Gasteiger partial charge in [0, 0.05) is 11.6 Å². The number of aryl methyl sites for hydroxylation is 2. The average molecular weight is 374 g/mol. The van der Waals surface area contributed by atoms with Crippen molar-refractivity contribution < 1.29 is 14.7 Å². The maximum absolute atomic E-state index is 12.2. The van der Waals surface area contributed by atoms with Gasteiger partial charge in [0.1, 0.15) is 5.01 Å². The van der Waals surface area contributed by atoms with Gasteiger partial charge in [-0.15, -0.1) is 10.2 Å². The summed E-state index contributed by atoms with van der Waals surface area (Å²) in [5.41, 5.74) is 3.29. The van der Waals surface area contributed by atoms with Crippen LogP contribution in [0, 0.1) is 19.8 Å². The third kappa shape index (κ3) is 4.57. The van der Waals surface area contributed by atoms with Gasteiger partial charge in [-0.2, -0.15) is 0 Å². The first-order valence-electron chi connectivity index (χ1n) is 8.63. The molecule has 1 aliphatic rings. The van der Waals surface area contributed by atoms with E-state index >= 15 is 0 Å². The van der Waals surface area contributed by atoms with Gasteiger partial charge in [-0.25, -0.2) is 4.79 Å². The number of urea groups is 1. The number of benzene rings is 1. The predicted octanol–water partition coefficient (Wildman–Crippen LogP) is 3.59. The van der Waals surface area contributed by atoms with Crippen LogP contribution in [-0.4, -0.2) is 33.3 Å². The molecule has 138 valence electrons. The van der Waals surface area contributed by atoms with Gasteiger partial charge in [0.05, 0.1) is 5.92 Å². The number of amides is 2. The number of nitrogens with zero attached hydrogens (tertiary/aromatic N) is 2. The highest BCUT2D eigenvalue weighted by molar-refractivity contribution is 7.18. The summed E-state index contributed by atoms with van der Waals surface area (Å²) in [6.07, 6.45) is 2.54. The third-order valence-electron chi connectivity index (χ3n) is 4.53. The van der Waals surface area contributed by atoms with Crippen molar-refractivity contribution in [3.05, 3.63) is 29.3 Å². The molecule has 0 radical (unpaired) electrons. The number of carboxylic acid groups (broad SMARTS) is 1. The Hall–Kier alpha value is -2.48. The molecule has 8 heteroatoms. The van der Waals surface area contributed by atoms with Crippen LogP contribution < -0.4 is 10.6 Å². The summed E-state index contributed by atoms with van der Waals surface area (Å²) >= 11 is 1.33. The van der Waals surface area contributed by atoms with Crippen molar-refractivity contribution in [3.8, 4) is 10.6 Å². The lowest BCUT2D eigenvalue weighted by Gasteiger charge is -2.26. The van der Waals surface area contributed by atoms with Crippen LogP contribution in [0.25, 0.3) is 10.6 Å². The number of anilines is 1. The van der Waals surface area contributed by atoms with Gasteiger partial charge in [-0.05, 0) is 51.7 Å². The quantitative estimate of drug-likeness (QED) is 0.759. The zero-order valence-electron chi connectivity index (χ0n) is 14.8. The van der Waals surface area contributed by atoms with E-state index in [1.807, 2.05) is 26.0 Å². The maximum atomic E-state index is 12.2. The summed E-state index contributed by atoms with van der Waals surface area (Å²) in [7, 11) is 0. The van der Waals surface area contributed by atoms with Crippen LogP contribution in [0.5, 0.6) is 0 Å². The number of aliphatic carboxylic acids is 1. The van der Waals surface area contributed by atoms with Gasteiger partial charge in [0.15, 0.2) is 0 Å². The number of hydrogen-bond donors (Lipinski definition) is 3. The molecule has 2 amide bonds. The Morgan fingerprint density at radius 3 is 2.35 bits per heavy atom. The molecule has 0 bridgehead atoms. The fraction of sp³-hybridized carbons (Fsp3) is 0.444. The molecule has 26 heavy (non-hydrogen) atoms. The van der Waals surface area contributed by atoms with E-state index in [2.05, 4.69) is 26.9 Å². The summed E-state index contributed by atoms with van der Waals surface area (Å²) in [4.78, 5) is 23.1. The van der Waals surface area contributed by atoms with Crippen LogP contribution in [0.15, 0.2) is 18.2 Å². The van der Waals surface area contributed by atoms with Gasteiger partial charge in [0.25, 0.3) is 0 Å². The number of hydrogen-bond acceptors (Lipinski definition) is 5. The first-order valence-corrected chi connectivity index (χ1v) is 9.45. The van der Waals surface area contributed by atoms with Crippen molar-refractivity contribution in [2.45, 2.75) is 45.6 Å². The van der Waals surface area contributed by atoms with E-state index in [0.29, 0.717) is 30.8 Å². The van der Waals surface area contributed by atoms with E-state index in [9.17, 15) is 9.59 Å². The second kappa shape index (κ2) is 7.82. The molecule has 0 aliphatic heterocycles. The van der Waals surface area contributed by atoms with E-state index in [1.165, 1.54) is 11.3 Å². The zero-order valence-corrected chi connectivity index (χ0v) is 15.6. The van der Waals surface area contributed by atoms with E-state index in [1.54, 1.807) is 0 Å². The Kier molecular flexibility index (Phi) is 5.51. The van der Waals surface area contributed by atoms with Crippen molar-refractivity contribution in [1.29, 1.82) is 0 Å². The minimum atomic E-state index is -0.749. The Morgan fingerprint density at radius 2 is 1.73 bits per heavy atom. The van der Waals surface area contributed by atoms with E-state index in [-0.39, 0.29) is 18.0 Å². The number of carbonyl (C=O) groups excluding carboxylic acids is 1. The summed E-state index contributed by atoms with van der Waals surface area (Å²) < 4.78 is 0. The molecule has 1 aromatic heterocycles. The molecule has 2 aromatic rings. The van der Waals surface area contributed by atoms with Crippen LogP contribution in [0.4, 0.5) is 9.93 Å². The molecule has 1 aliphatic carbocycles. The first kappa shape index (κ1) is 18.3. The molecule has 1 heterocycles. The summed E-state index contributed by atoms with van der Waals surface area (Å²) in [6, 6.07) is 5.84. The minimum absolute atomic E-state index is 0.00239. The second-order valence-corrected chi connectivity index (χ2v) is 7.75. The largest absolute Gasteiger partial charge is 0.481 e. The molecule has 7 nitrogen and oxygen atoms in total. The molecule has 1 aromatic carbocycles. The van der Waals surface area contributed by atoms with Gasteiger partial charge < -0.3 is 10.4 Å². The lowest BCUT2D eigenvalue weighted by molar-refractivity contribution is -0.142. The zero-order chi connectivity index (χ0) is 18.7. The fourth-order valence-electron chi connectivity index (χ4n) is 3.29. The van der Waals surface area contributed by atoms with E-state index < -0.39 is 5.97 Å². The molecule has 0 atom stereocenters. The molecule has 3 N–H and O–H groups in total. The Labute approximate surface area is 155 Å². The van der Waals surface area contributed by atoms with Crippen LogP contribution in [0.3, 0.4) is 0 Å². The molecule has 0 unspecified atom stereocenters. The summed E-state index contributed by atoms with van der Waals surface area (Å²) in [6.45, 7) is 4.06. The van der Waals surface area contributed by atoms with E-state index in [4.69, 9.17) is 5.11 Å². The van der Waals surface area contributed by atoms with Crippen LogP contribution in [-0.2, 0) is 4.79 Å². The number of carbonyl (C=O) groups is 2. The highest BCUT2D eigenvalue weighted by Crippen LogP contribution is 2.28. The second-order valence-electron chi connectivity index (χ2n) is 6.77. The molecule has 1 fully saturated rings. The Bertz CT molecular complexity index is 792. The SMILES string of the molecule is Cc1cc(C)cc(-c2nnc(NC(=O)NC3CCC(C(=O)O)CC3)s2)c1. The van der Waals surface area contributed by atoms with Gasteiger partial charge >= 0.3 is 12.0 Å². The summed E-state index contributed by atoms with van der Waals surface area (Å²) in [5.74, 6) is -1.04. The smallest absolute Gasteiger partial charge is 0.321 e. The van der Waals surface area contributed by atoms with Gasteiger partial charge in [-0.3, -0.25) is 10.1 Å². The molecule has 0 spiro atoms. The van der Waals surface area contributed by atoms with Crippen LogP contribution in [0.2, 0.25) is 0 Å². The normalized spacial score (nSPS) is 19.8. The van der Waals surface area contributed by atoms with Crippen LogP contribution in [0.1, 0.15) is 36.8 Å². The van der Waals surface area contributed by atoms with Crippen molar-refractivity contribution >= 4 is 28.5 Å². The molecule has 0 saturated heterocycles. The lowest BCUT2D eigenvalue weighted by atomic mass is 9.86. The van der Waals surface area contributed by atoms with Crippen LogP contribution >= 0.6 is 11.3 Å². The molecule has 3 rings (SSSR count). The molecular weight excluding hydrogens is 352 g/mol. The number of aromatic nitrogens is 2. The van der Waals surface area contributed by atoms with Crippen molar-refractivity contribution in [3.63, 3.8) is 0 Å². The standard InChI is InChI=1S/C18H22N4O3S/c1-10-7-11(2)9-13(8-10)15-21-22-18(26-15)20-17(25)19-14-5-3-12(4-6-14)16(23)24/h7-9,12,14H,3-6H2,1-2H3,(H,23,24)(H2,19,20,22,25). The third-order valence-corrected chi connectivity index (χ3v) is 5.41. The monoisotopic (exact) mass is 374 g/mol. The average Bonchev–Trinajstić information content (AvgIpc) is 3.02. The number of nitrogens with one attached hydrogen (secondary N) is 2. The topological polar surface area (TPSA) is 104 Å².